The van der Waals surface area contributed by atoms with E-state index in [1.807, 2.05) is 0 Å². The highest BCUT2D eigenvalue weighted by Crippen LogP contribution is 2.25. The number of nitrogens with zero attached hydrogens (tertiary/aromatic N) is 2. The van der Waals surface area contributed by atoms with Crippen LogP contribution in [-0.2, 0) is 0 Å². The summed E-state index contributed by atoms with van der Waals surface area (Å²) in [5, 5.41) is 14.2. The van der Waals surface area contributed by atoms with Gasteiger partial charge < -0.3 is 15.0 Å². The molecule has 2 rings (SSSR count). The van der Waals surface area contributed by atoms with Gasteiger partial charge in [0.1, 0.15) is 11.3 Å². The average Bonchev–Trinajstić information content (AvgIpc) is 2.74. The standard InChI is InChI=1S/C13H17N3O4.ClH/c1-20-10-3-4-12(16(18)19)11(9-10)13(17)15-7-2-5-14-6-8-15;/h3-4,9,14H,2,5-8H2,1H3;1H. The number of benzene rings is 1. The van der Waals surface area contributed by atoms with Crippen molar-refractivity contribution in [1.29, 1.82) is 0 Å². The first kappa shape index (κ1) is 17.2. The molecule has 1 amide bonds. The molecule has 1 aromatic carbocycles. The van der Waals surface area contributed by atoms with Crippen LogP contribution in [0.4, 0.5) is 5.69 Å². The first-order valence-electron chi connectivity index (χ1n) is 6.46. The van der Waals surface area contributed by atoms with Crippen LogP contribution in [0.1, 0.15) is 16.8 Å². The van der Waals surface area contributed by atoms with Crippen molar-refractivity contribution in [1.82, 2.24) is 10.2 Å². The van der Waals surface area contributed by atoms with Gasteiger partial charge in [0.15, 0.2) is 0 Å². The Labute approximate surface area is 128 Å². The molecule has 1 aromatic rings. The average molecular weight is 316 g/mol. The molecule has 0 spiro atoms. The lowest BCUT2D eigenvalue weighted by Crippen LogP contribution is -2.34. The molecule has 1 fully saturated rings. The summed E-state index contributed by atoms with van der Waals surface area (Å²) in [6.45, 7) is 2.70. The van der Waals surface area contributed by atoms with Crippen molar-refractivity contribution < 1.29 is 14.5 Å². The molecular formula is C13H18ClN3O4. The van der Waals surface area contributed by atoms with Crippen LogP contribution in [0.25, 0.3) is 0 Å². The minimum Gasteiger partial charge on any atom is -0.497 e. The van der Waals surface area contributed by atoms with Crippen molar-refractivity contribution in [3.05, 3.63) is 33.9 Å². The summed E-state index contributed by atoms with van der Waals surface area (Å²) >= 11 is 0. The van der Waals surface area contributed by atoms with Crippen LogP contribution in [0, 0.1) is 10.1 Å². The van der Waals surface area contributed by atoms with E-state index in [0.29, 0.717) is 25.4 Å². The topological polar surface area (TPSA) is 84.7 Å². The number of carbonyl (C=O) groups excluding carboxylic acids is 1. The molecule has 8 heteroatoms. The maximum atomic E-state index is 12.5. The largest absolute Gasteiger partial charge is 0.497 e. The Morgan fingerprint density at radius 1 is 1.38 bits per heavy atom. The molecular weight excluding hydrogens is 298 g/mol. The zero-order valence-electron chi connectivity index (χ0n) is 11.7. The van der Waals surface area contributed by atoms with E-state index in [-0.39, 0.29) is 29.6 Å². The van der Waals surface area contributed by atoms with E-state index in [9.17, 15) is 14.9 Å². The van der Waals surface area contributed by atoms with Gasteiger partial charge in [0.2, 0.25) is 0 Å². The SMILES string of the molecule is COc1ccc([N+](=O)[O-])c(C(=O)N2CCCNCC2)c1.Cl. The number of hydrogen-bond donors (Lipinski definition) is 1. The van der Waals surface area contributed by atoms with Crippen LogP contribution in [0.5, 0.6) is 5.75 Å². The molecule has 1 heterocycles. The summed E-state index contributed by atoms with van der Waals surface area (Å²) < 4.78 is 5.05. The van der Waals surface area contributed by atoms with Crippen molar-refractivity contribution in [2.45, 2.75) is 6.42 Å². The second-order valence-electron chi connectivity index (χ2n) is 4.54. The minimum absolute atomic E-state index is 0. The van der Waals surface area contributed by atoms with E-state index < -0.39 is 4.92 Å². The number of nitro groups is 1. The normalized spacial score (nSPS) is 14.8. The molecule has 1 aliphatic heterocycles. The Morgan fingerprint density at radius 3 is 2.81 bits per heavy atom. The first-order chi connectivity index (χ1) is 9.63. The van der Waals surface area contributed by atoms with Gasteiger partial charge in [0, 0.05) is 25.7 Å². The second kappa shape index (κ2) is 7.80. The Bertz CT molecular complexity index is 516. The van der Waals surface area contributed by atoms with Gasteiger partial charge in [0.25, 0.3) is 11.6 Å². The summed E-state index contributed by atoms with van der Waals surface area (Å²) in [7, 11) is 1.46. The lowest BCUT2D eigenvalue weighted by molar-refractivity contribution is -0.385. The molecule has 116 valence electrons. The Hall–Kier alpha value is -1.86. The number of carbonyl (C=O) groups is 1. The summed E-state index contributed by atoms with van der Waals surface area (Å²) in [5.74, 6) is 0.117. The number of nitro benzene ring substituents is 1. The predicted molar refractivity (Wildman–Crippen MR) is 80.3 cm³/mol. The van der Waals surface area contributed by atoms with Crippen molar-refractivity contribution in [2.75, 3.05) is 33.3 Å². The lowest BCUT2D eigenvalue weighted by Gasteiger charge is -2.20. The fraction of sp³-hybridized carbons (Fsp3) is 0.462. The number of rotatable bonds is 3. The van der Waals surface area contributed by atoms with Gasteiger partial charge in [-0.1, -0.05) is 0 Å². The monoisotopic (exact) mass is 315 g/mol. The lowest BCUT2D eigenvalue weighted by atomic mass is 10.1. The highest BCUT2D eigenvalue weighted by molar-refractivity contribution is 5.98. The van der Waals surface area contributed by atoms with Gasteiger partial charge in [-0.15, -0.1) is 12.4 Å². The van der Waals surface area contributed by atoms with Gasteiger partial charge in [0.05, 0.1) is 12.0 Å². The van der Waals surface area contributed by atoms with Gasteiger partial charge in [-0.25, -0.2) is 0 Å². The molecule has 0 aromatic heterocycles. The Morgan fingerprint density at radius 2 is 2.14 bits per heavy atom. The van der Waals surface area contributed by atoms with Gasteiger partial charge in [-0.3, -0.25) is 14.9 Å². The summed E-state index contributed by atoms with van der Waals surface area (Å²) in [6, 6.07) is 4.22. The Kier molecular flexibility index (Phi) is 6.39. The van der Waals surface area contributed by atoms with E-state index in [1.54, 1.807) is 4.90 Å². The fourth-order valence-electron chi connectivity index (χ4n) is 2.19. The van der Waals surface area contributed by atoms with Crippen molar-refractivity contribution >= 4 is 24.0 Å². The number of ether oxygens (including phenoxy) is 1. The number of hydrogen-bond acceptors (Lipinski definition) is 5. The van der Waals surface area contributed by atoms with E-state index in [0.717, 1.165) is 13.0 Å². The van der Waals surface area contributed by atoms with E-state index in [2.05, 4.69) is 5.32 Å². The van der Waals surface area contributed by atoms with Crippen LogP contribution in [0.2, 0.25) is 0 Å². The van der Waals surface area contributed by atoms with E-state index >= 15 is 0 Å². The summed E-state index contributed by atoms with van der Waals surface area (Å²) in [5.41, 5.74) is -0.107. The first-order valence-corrected chi connectivity index (χ1v) is 6.46. The van der Waals surface area contributed by atoms with Gasteiger partial charge >= 0.3 is 0 Å². The van der Waals surface area contributed by atoms with Crippen LogP contribution in [0.15, 0.2) is 18.2 Å². The van der Waals surface area contributed by atoms with Crippen molar-refractivity contribution in [2.24, 2.45) is 0 Å². The van der Waals surface area contributed by atoms with Gasteiger partial charge in [-0.2, -0.15) is 0 Å². The third-order valence-electron chi connectivity index (χ3n) is 3.26. The van der Waals surface area contributed by atoms with Crippen LogP contribution in [0.3, 0.4) is 0 Å². The zero-order chi connectivity index (χ0) is 14.5. The molecule has 1 N–H and O–H groups in total. The molecule has 0 saturated carbocycles. The molecule has 0 aliphatic carbocycles. The quantitative estimate of drug-likeness (QED) is 0.674. The maximum absolute atomic E-state index is 12.5. The van der Waals surface area contributed by atoms with E-state index in [1.165, 1.54) is 25.3 Å². The van der Waals surface area contributed by atoms with Crippen molar-refractivity contribution in [3.8, 4) is 5.75 Å². The molecule has 1 saturated heterocycles. The zero-order valence-corrected chi connectivity index (χ0v) is 12.5. The van der Waals surface area contributed by atoms with E-state index in [4.69, 9.17) is 4.74 Å². The number of methoxy groups -OCH3 is 1. The van der Waals surface area contributed by atoms with Crippen LogP contribution in [-0.4, -0.2) is 49.0 Å². The van der Waals surface area contributed by atoms with Crippen LogP contribution >= 0.6 is 12.4 Å². The summed E-state index contributed by atoms with van der Waals surface area (Å²) in [6.07, 6.45) is 0.837. The third-order valence-corrected chi connectivity index (χ3v) is 3.26. The highest BCUT2D eigenvalue weighted by Gasteiger charge is 2.25. The fourth-order valence-corrected chi connectivity index (χ4v) is 2.19. The predicted octanol–water partition coefficient (Wildman–Crippen LogP) is 1.46. The van der Waals surface area contributed by atoms with Crippen LogP contribution < -0.4 is 10.1 Å². The number of amides is 1. The molecule has 0 bridgehead atoms. The Balaban J connectivity index is 0.00000220. The smallest absolute Gasteiger partial charge is 0.282 e. The summed E-state index contributed by atoms with van der Waals surface area (Å²) in [4.78, 5) is 24.6. The molecule has 0 unspecified atom stereocenters. The number of nitrogens with one attached hydrogen (secondary N) is 1. The molecule has 0 atom stereocenters. The molecule has 1 aliphatic rings. The van der Waals surface area contributed by atoms with Gasteiger partial charge in [-0.05, 0) is 25.1 Å². The third kappa shape index (κ3) is 4.05. The maximum Gasteiger partial charge on any atom is 0.282 e. The molecule has 0 radical (unpaired) electrons. The molecule has 21 heavy (non-hydrogen) atoms. The molecule has 7 nitrogen and oxygen atoms in total. The highest BCUT2D eigenvalue weighted by atomic mass is 35.5. The number of halogens is 1. The minimum atomic E-state index is -0.539. The van der Waals surface area contributed by atoms with Crippen molar-refractivity contribution in [3.63, 3.8) is 0 Å². The second-order valence-corrected chi connectivity index (χ2v) is 4.54.